The molecule has 0 aliphatic rings. The van der Waals surface area contributed by atoms with Crippen LogP contribution in [0.4, 0.5) is 4.39 Å². The normalized spacial score (nSPS) is 12.2. The molecular formula is C19H17Cl2FN2OS. The molecule has 0 saturated heterocycles. The Bertz CT molecular complexity index is 867. The first-order valence-electron chi connectivity index (χ1n) is 8.00. The number of nitrogens with zero attached hydrogens (tertiary/aromatic N) is 2. The van der Waals surface area contributed by atoms with Gasteiger partial charge in [0.15, 0.2) is 11.6 Å². The Labute approximate surface area is 166 Å². The second kappa shape index (κ2) is 8.80. The number of imidazole rings is 1. The quantitative estimate of drug-likeness (QED) is 0.455. The molecule has 0 saturated carbocycles. The zero-order valence-electron chi connectivity index (χ0n) is 14.0. The molecule has 7 heteroatoms. The third kappa shape index (κ3) is 4.72. The van der Waals surface area contributed by atoms with Gasteiger partial charge in [-0.2, -0.15) is 0 Å². The average Bonchev–Trinajstić information content (AvgIpc) is 3.02. The summed E-state index contributed by atoms with van der Waals surface area (Å²) in [7, 11) is 0. The largest absolute Gasteiger partial charge is 0.489 e. The molecule has 0 N–H and O–H groups in total. The highest BCUT2D eigenvalue weighted by Gasteiger charge is 2.18. The number of aryl methyl sites for hydroxylation is 1. The van der Waals surface area contributed by atoms with E-state index in [1.807, 2.05) is 17.7 Å². The molecule has 0 aliphatic heterocycles. The summed E-state index contributed by atoms with van der Waals surface area (Å²) in [4.78, 5) is 5.03. The van der Waals surface area contributed by atoms with Crippen LogP contribution in [0.3, 0.4) is 0 Å². The van der Waals surface area contributed by atoms with Gasteiger partial charge in [0.25, 0.3) is 0 Å². The van der Waals surface area contributed by atoms with E-state index in [1.54, 1.807) is 42.6 Å². The van der Waals surface area contributed by atoms with Crippen LogP contribution in [0, 0.1) is 12.7 Å². The average molecular weight is 411 g/mol. The standard InChI is InChI=1S/C19H17Cl2FN2OS/c1-13-23-9-10-24(13)11-14(12-25-18-8-3-2-7-17(18)22)26-19-15(20)5-4-6-16(19)21/h2-10,14H,11-12H2,1H3. The maximum atomic E-state index is 13.8. The maximum absolute atomic E-state index is 13.8. The van der Waals surface area contributed by atoms with Gasteiger partial charge in [-0.15, -0.1) is 11.8 Å². The van der Waals surface area contributed by atoms with Crippen molar-refractivity contribution < 1.29 is 9.13 Å². The molecule has 0 aliphatic carbocycles. The molecule has 2 aromatic carbocycles. The summed E-state index contributed by atoms with van der Waals surface area (Å²) in [5, 5.41) is 1.13. The Hall–Kier alpha value is -1.69. The molecule has 0 radical (unpaired) electrons. The summed E-state index contributed by atoms with van der Waals surface area (Å²) in [5.74, 6) is 0.739. The summed E-state index contributed by atoms with van der Waals surface area (Å²) in [6.45, 7) is 2.86. The van der Waals surface area contributed by atoms with Crippen molar-refractivity contribution >= 4 is 35.0 Å². The van der Waals surface area contributed by atoms with Crippen molar-refractivity contribution in [2.75, 3.05) is 6.61 Å². The molecule has 0 amide bonds. The minimum absolute atomic E-state index is 0.0418. The zero-order chi connectivity index (χ0) is 18.5. The van der Waals surface area contributed by atoms with Crippen molar-refractivity contribution in [2.24, 2.45) is 0 Å². The maximum Gasteiger partial charge on any atom is 0.165 e. The predicted molar refractivity (Wildman–Crippen MR) is 105 cm³/mol. The van der Waals surface area contributed by atoms with Gasteiger partial charge in [-0.1, -0.05) is 41.4 Å². The van der Waals surface area contributed by atoms with Crippen LogP contribution in [0.25, 0.3) is 0 Å². The first-order valence-corrected chi connectivity index (χ1v) is 9.64. The molecule has 3 nitrogen and oxygen atoms in total. The fourth-order valence-electron chi connectivity index (χ4n) is 2.45. The van der Waals surface area contributed by atoms with Crippen LogP contribution in [0.1, 0.15) is 5.82 Å². The van der Waals surface area contributed by atoms with E-state index in [9.17, 15) is 4.39 Å². The third-order valence-electron chi connectivity index (χ3n) is 3.79. The van der Waals surface area contributed by atoms with Crippen molar-refractivity contribution in [1.82, 2.24) is 9.55 Å². The molecule has 0 fully saturated rings. The van der Waals surface area contributed by atoms with E-state index in [1.165, 1.54) is 17.8 Å². The van der Waals surface area contributed by atoms with E-state index in [4.69, 9.17) is 27.9 Å². The van der Waals surface area contributed by atoms with Crippen LogP contribution >= 0.6 is 35.0 Å². The van der Waals surface area contributed by atoms with Crippen LogP contribution in [-0.2, 0) is 6.54 Å². The molecule has 1 heterocycles. The first kappa shape index (κ1) is 19.1. The molecule has 136 valence electrons. The van der Waals surface area contributed by atoms with Crippen LogP contribution < -0.4 is 4.74 Å². The van der Waals surface area contributed by atoms with Crippen molar-refractivity contribution in [2.45, 2.75) is 23.6 Å². The summed E-state index contributed by atoms with van der Waals surface area (Å²) in [6.07, 6.45) is 3.65. The van der Waals surface area contributed by atoms with Crippen LogP contribution in [0.5, 0.6) is 5.75 Å². The fraction of sp³-hybridized carbons (Fsp3) is 0.211. The number of rotatable bonds is 7. The number of para-hydroxylation sites is 1. The van der Waals surface area contributed by atoms with Gasteiger partial charge in [0.1, 0.15) is 12.4 Å². The summed E-state index contributed by atoms with van der Waals surface area (Å²) < 4.78 is 21.6. The van der Waals surface area contributed by atoms with E-state index in [2.05, 4.69) is 4.98 Å². The number of hydrogen-bond acceptors (Lipinski definition) is 3. The van der Waals surface area contributed by atoms with E-state index in [0.717, 1.165) is 10.7 Å². The lowest BCUT2D eigenvalue weighted by molar-refractivity contribution is 0.293. The first-order chi connectivity index (χ1) is 12.5. The van der Waals surface area contributed by atoms with Crippen LogP contribution in [-0.4, -0.2) is 21.4 Å². The Balaban J connectivity index is 1.79. The molecule has 26 heavy (non-hydrogen) atoms. The molecule has 0 bridgehead atoms. The minimum Gasteiger partial charge on any atom is -0.489 e. The zero-order valence-corrected chi connectivity index (χ0v) is 16.4. The van der Waals surface area contributed by atoms with E-state index >= 15 is 0 Å². The second-order valence-corrected chi connectivity index (χ2v) is 7.78. The van der Waals surface area contributed by atoms with Gasteiger partial charge in [-0.3, -0.25) is 0 Å². The van der Waals surface area contributed by atoms with Crippen LogP contribution in [0.2, 0.25) is 10.0 Å². The van der Waals surface area contributed by atoms with Crippen molar-refractivity contribution in [3.8, 4) is 5.75 Å². The monoisotopic (exact) mass is 410 g/mol. The number of thioether (sulfide) groups is 1. The fourth-order valence-corrected chi connectivity index (χ4v) is 4.18. The van der Waals surface area contributed by atoms with Gasteiger partial charge in [-0.05, 0) is 31.2 Å². The predicted octanol–water partition coefficient (Wildman–Crippen LogP) is 5.88. The van der Waals surface area contributed by atoms with E-state index in [-0.39, 0.29) is 16.8 Å². The molecule has 1 atom stereocenters. The SMILES string of the molecule is Cc1nccn1CC(COc1ccccc1F)Sc1c(Cl)cccc1Cl. The summed E-state index contributed by atoms with van der Waals surface area (Å²) in [6, 6.07) is 11.8. The van der Waals surface area contributed by atoms with Crippen molar-refractivity contribution in [1.29, 1.82) is 0 Å². The molecule has 1 unspecified atom stereocenters. The smallest absolute Gasteiger partial charge is 0.165 e. The lowest BCUT2D eigenvalue weighted by atomic mass is 10.3. The van der Waals surface area contributed by atoms with Gasteiger partial charge in [0.05, 0.1) is 15.3 Å². The topological polar surface area (TPSA) is 27.1 Å². The molecule has 1 aromatic heterocycles. The summed E-state index contributed by atoms with van der Waals surface area (Å²) >= 11 is 14.1. The molecular weight excluding hydrogens is 394 g/mol. The van der Waals surface area contributed by atoms with E-state index in [0.29, 0.717) is 23.2 Å². The number of aromatic nitrogens is 2. The van der Waals surface area contributed by atoms with Crippen molar-refractivity contribution in [3.05, 3.63) is 76.5 Å². The number of benzene rings is 2. The van der Waals surface area contributed by atoms with E-state index < -0.39 is 0 Å². The molecule has 0 spiro atoms. The lowest BCUT2D eigenvalue weighted by Crippen LogP contribution is -2.21. The Morgan fingerprint density at radius 3 is 2.54 bits per heavy atom. The number of hydrogen-bond donors (Lipinski definition) is 0. The number of halogens is 3. The highest BCUT2D eigenvalue weighted by atomic mass is 35.5. The molecule has 3 rings (SSSR count). The van der Waals surface area contributed by atoms with Gasteiger partial charge in [0, 0.05) is 23.8 Å². The molecule has 3 aromatic rings. The second-order valence-electron chi connectivity index (χ2n) is 5.66. The number of ether oxygens (including phenoxy) is 1. The van der Waals surface area contributed by atoms with Gasteiger partial charge < -0.3 is 9.30 Å². The van der Waals surface area contributed by atoms with Gasteiger partial charge >= 0.3 is 0 Å². The summed E-state index contributed by atoms with van der Waals surface area (Å²) in [5.41, 5.74) is 0. The Kier molecular flexibility index (Phi) is 6.46. The third-order valence-corrected chi connectivity index (χ3v) is 5.94. The highest BCUT2D eigenvalue weighted by molar-refractivity contribution is 8.00. The van der Waals surface area contributed by atoms with Crippen LogP contribution in [0.15, 0.2) is 59.8 Å². The van der Waals surface area contributed by atoms with Gasteiger partial charge in [0.2, 0.25) is 0 Å². The Morgan fingerprint density at radius 1 is 1.15 bits per heavy atom. The highest BCUT2D eigenvalue weighted by Crippen LogP contribution is 2.37. The van der Waals surface area contributed by atoms with Gasteiger partial charge in [-0.25, -0.2) is 9.37 Å². The lowest BCUT2D eigenvalue weighted by Gasteiger charge is -2.20. The minimum atomic E-state index is -0.383. The Morgan fingerprint density at radius 2 is 1.88 bits per heavy atom. The van der Waals surface area contributed by atoms with Crippen molar-refractivity contribution in [3.63, 3.8) is 0 Å².